The lowest BCUT2D eigenvalue weighted by atomic mass is 9.81. The first-order valence-electron chi connectivity index (χ1n) is 12.8. The first-order valence-corrected chi connectivity index (χ1v) is 13.2. The predicted octanol–water partition coefficient (Wildman–Crippen LogP) is 5.07. The number of carbonyl (C=O) groups excluding carboxylic acids is 2. The van der Waals surface area contributed by atoms with E-state index in [9.17, 15) is 14.7 Å². The Balaban J connectivity index is 1.39. The van der Waals surface area contributed by atoms with Crippen LogP contribution in [0.15, 0.2) is 42.5 Å². The number of likely N-dealkylation sites (tertiary alicyclic amines) is 1. The molecule has 0 saturated carbocycles. The molecule has 7 nitrogen and oxygen atoms in total. The number of carbonyl (C=O) groups is 2. The lowest BCUT2D eigenvalue weighted by Gasteiger charge is -2.42. The van der Waals surface area contributed by atoms with E-state index >= 15 is 0 Å². The number of piperidine rings is 1. The van der Waals surface area contributed by atoms with Gasteiger partial charge in [-0.3, -0.25) is 14.6 Å². The Hall–Kier alpha value is -3.03. The number of nitrogens with one attached hydrogen (secondary N) is 1. The molecule has 1 aromatic heterocycles. The van der Waals surface area contributed by atoms with Crippen molar-refractivity contribution in [2.75, 3.05) is 26.2 Å². The van der Waals surface area contributed by atoms with Crippen LogP contribution in [0.4, 0.5) is 4.79 Å². The van der Waals surface area contributed by atoms with E-state index < -0.39 is 11.6 Å². The first-order chi connectivity index (χ1) is 17.4. The third-order valence-electron chi connectivity index (χ3n) is 8.12. The number of hydrogen-bond donors (Lipinski definition) is 2. The highest BCUT2D eigenvalue weighted by Gasteiger charge is 2.60. The second-order valence-electron chi connectivity index (χ2n) is 10.5. The van der Waals surface area contributed by atoms with Crippen LogP contribution in [-0.2, 0) is 11.2 Å². The molecule has 2 atom stereocenters. The molecule has 0 unspecified atom stereocenters. The van der Waals surface area contributed by atoms with Gasteiger partial charge in [0.15, 0.2) is 0 Å². The second kappa shape index (κ2) is 8.82. The standard InChI is InChI=1S/C28H31ClN4O3/c1-28-17-22-21-16-19(29)9-10-23(21)30-24(22)25(18-7-5-8-20(34)15-18)33(28)27(36)32(26(28)35)14-6-13-31-11-3-2-4-12-31/h5,7-10,15-16,25,30,34H,2-4,6,11-14,17H2,1H3/t25-,28+/m1/s1. The molecule has 6 rings (SSSR count). The normalized spacial score (nSPS) is 24.4. The molecule has 2 fully saturated rings. The molecule has 36 heavy (non-hydrogen) atoms. The van der Waals surface area contributed by atoms with Crippen LogP contribution >= 0.6 is 11.6 Å². The highest BCUT2D eigenvalue weighted by molar-refractivity contribution is 6.31. The van der Waals surface area contributed by atoms with Gasteiger partial charge in [-0.05, 0) is 87.3 Å². The summed E-state index contributed by atoms with van der Waals surface area (Å²) in [4.78, 5) is 36.9. The van der Waals surface area contributed by atoms with Gasteiger partial charge in [-0.15, -0.1) is 0 Å². The number of halogens is 1. The average Bonchev–Trinajstić information content (AvgIpc) is 3.30. The van der Waals surface area contributed by atoms with Gasteiger partial charge >= 0.3 is 6.03 Å². The number of amides is 3. The third kappa shape index (κ3) is 3.68. The van der Waals surface area contributed by atoms with Gasteiger partial charge in [-0.25, -0.2) is 4.79 Å². The minimum atomic E-state index is -1.03. The molecular weight excluding hydrogens is 476 g/mol. The van der Waals surface area contributed by atoms with Crippen LogP contribution in [0, 0.1) is 0 Å². The van der Waals surface area contributed by atoms with E-state index in [0.717, 1.165) is 53.8 Å². The molecule has 8 heteroatoms. The minimum absolute atomic E-state index is 0.122. The van der Waals surface area contributed by atoms with Gasteiger partial charge in [0.1, 0.15) is 17.3 Å². The fourth-order valence-electron chi connectivity index (χ4n) is 6.36. The van der Waals surface area contributed by atoms with Gasteiger partial charge in [0.05, 0.1) is 0 Å². The molecule has 3 amide bonds. The average molecular weight is 507 g/mol. The molecule has 2 aromatic carbocycles. The Bertz CT molecular complexity index is 1350. The van der Waals surface area contributed by atoms with Gasteiger partial charge in [0.25, 0.3) is 5.91 Å². The Kier molecular flexibility index (Phi) is 5.73. The highest BCUT2D eigenvalue weighted by atomic mass is 35.5. The maximum atomic E-state index is 13.9. The number of aromatic hydroxyl groups is 1. The van der Waals surface area contributed by atoms with E-state index in [4.69, 9.17) is 11.6 Å². The first kappa shape index (κ1) is 23.4. The molecule has 188 valence electrons. The number of urea groups is 1. The molecule has 3 aliphatic rings. The molecule has 0 bridgehead atoms. The number of rotatable bonds is 5. The topological polar surface area (TPSA) is 79.9 Å². The molecule has 3 aromatic rings. The molecule has 2 saturated heterocycles. The van der Waals surface area contributed by atoms with Crippen molar-refractivity contribution in [3.05, 3.63) is 64.3 Å². The van der Waals surface area contributed by atoms with Crippen molar-refractivity contribution in [2.45, 2.75) is 50.6 Å². The maximum Gasteiger partial charge on any atom is 0.328 e. The van der Waals surface area contributed by atoms with Crippen LogP contribution in [0.1, 0.15) is 55.5 Å². The van der Waals surface area contributed by atoms with Crippen LogP contribution in [0.3, 0.4) is 0 Å². The van der Waals surface area contributed by atoms with Gasteiger partial charge in [0, 0.05) is 34.6 Å². The zero-order valence-corrected chi connectivity index (χ0v) is 21.2. The Morgan fingerprint density at radius 1 is 1.08 bits per heavy atom. The number of fused-ring (bicyclic) bond motifs is 4. The Labute approximate surface area is 215 Å². The SMILES string of the molecule is C[C@@]12Cc3c([nH]c4ccc(Cl)cc34)[C@@H](c3cccc(O)c3)N1C(=O)N(CCCN1CCCCC1)C2=O. The van der Waals surface area contributed by atoms with Crippen molar-refractivity contribution in [1.29, 1.82) is 0 Å². The van der Waals surface area contributed by atoms with Gasteiger partial charge in [0.2, 0.25) is 0 Å². The molecule has 0 spiro atoms. The minimum Gasteiger partial charge on any atom is -0.508 e. The van der Waals surface area contributed by atoms with Gasteiger partial charge in [-0.2, -0.15) is 0 Å². The quantitative estimate of drug-likeness (QED) is 0.473. The highest BCUT2D eigenvalue weighted by Crippen LogP contribution is 2.49. The zero-order valence-electron chi connectivity index (χ0n) is 20.5. The summed E-state index contributed by atoms with van der Waals surface area (Å²) in [5.41, 5.74) is 2.51. The molecule has 0 radical (unpaired) electrons. The van der Waals surface area contributed by atoms with Crippen molar-refractivity contribution in [2.24, 2.45) is 0 Å². The van der Waals surface area contributed by atoms with Crippen LogP contribution in [0.25, 0.3) is 10.9 Å². The Morgan fingerprint density at radius 3 is 2.67 bits per heavy atom. The van der Waals surface area contributed by atoms with E-state index in [2.05, 4.69) is 9.88 Å². The number of phenolic OH excluding ortho intramolecular Hbond substituents is 1. The maximum absolute atomic E-state index is 13.9. The van der Waals surface area contributed by atoms with Crippen molar-refractivity contribution in [3.8, 4) is 5.75 Å². The van der Waals surface area contributed by atoms with E-state index in [-0.39, 0.29) is 17.7 Å². The summed E-state index contributed by atoms with van der Waals surface area (Å²) in [5.74, 6) is -0.0323. The number of H-pyrrole nitrogens is 1. The van der Waals surface area contributed by atoms with Crippen molar-refractivity contribution in [3.63, 3.8) is 0 Å². The molecule has 2 N–H and O–H groups in total. The third-order valence-corrected chi connectivity index (χ3v) is 8.35. The van der Waals surface area contributed by atoms with Crippen LogP contribution in [-0.4, -0.2) is 68.4 Å². The van der Waals surface area contributed by atoms with Gasteiger partial charge < -0.3 is 15.0 Å². The summed E-state index contributed by atoms with van der Waals surface area (Å²) >= 11 is 6.34. The fraction of sp³-hybridized carbons (Fsp3) is 0.429. The smallest absolute Gasteiger partial charge is 0.328 e. The molecule has 0 aliphatic carbocycles. The van der Waals surface area contributed by atoms with Crippen molar-refractivity contribution >= 4 is 34.4 Å². The number of phenols is 1. The predicted molar refractivity (Wildman–Crippen MR) is 139 cm³/mol. The number of benzene rings is 2. The number of nitrogens with zero attached hydrogens (tertiary/aromatic N) is 3. The number of hydrogen-bond acceptors (Lipinski definition) is 4. The summed E-state index contributed by atoms with van der Waals surface area (Å²) in [6.07, 6.45) is 4.89. The molecular formula is C28H31ClN4O3. The largest absolute Gasteiger partial charge is 0.508 e. The lowest BCUT2D eigenvalue weighted by molar-refractivity contribution is -0.133. The van der Waals surface area contributed by atoms with Gasteiger partial charge in [-0.1, -0.05) is 30.2 Å². The van der Waals surface area contributed by atoms with Crippen molar-refractivity contribution < 1.29 is 14.7 Å². The summed E-state index contributed by atoms with van der Waals surface area (Å²) in [6.45, 7) is 5.37. The van der Waals surface area contributed by atoms with E-state index in [0.29, 0.717) is 18.0 Å². The number of aromatic nitrogens is 1. The zero-order chi connectivity index (χ0) is 25.0. The van der Waals surface area contributed by atoms with Crippen molar-refractivity contribution in [1.82, 2.24) is 19.7 Å². The summed E-state index contributed by atoms with van der Waals surface area (Å²) in [7, 11) is 0. The number of aromatic amines is 1. The second-order valence-corrected chi connectivity index (χ2v) is 11.0. The van der Waals surface area contributed by atoms with E-state index in [1.54, 1.807) is 23.1 Å². The molecule has 4 heterocycles. The van der Waals surface area contributed by atoms with Crippen LogP contribution in [0.5, 0.6) is 5.75 Å². The lowest BCUT2D eigenvalue weighted by Crippen LogP contribution is -2.53. The fourth-order valence-corrected chi connectivity index (χ4v) is 6.53. The van der Waals surface area contributed by atoms with Crippen LogP contribution in [0.2, 0.25) is 5.02 Å². The molecule has 3 aliphatic heterocycles. The summed E-state index contributed by atoms with van der Waals surface area (Å²) < 4.78 is 0. The van der Waals surface area contributed by atoms with E-state index in [1.807, 2.05) is 31.2 Å². The monoisotopic (exact) mass is 506 g/mol. The summed E-state index contributed by atoms with van der Waals surface area (Å²) in [6, 6.07) is 11.8. The van der Waals surface area contributed by atoms with Crippen LogP contribution < -0.4 is 0 Å². The Morgan fingerprint density at radius 2 is 1.89 bits per heavy atom. The number of imide groups is 1. The van der Waals surface area contributed by atoms with E-state index in [1.165, 1.54) is 24.2 Å². The summed E-state index contributed by atoms with van der Waals surface area (Å²) in [5, 5.41) is 11.9.